The Balaban J connectivity index is 1.54. The van der Waals surface area contributed by atoms with E-state index in [0.29, 0.717) is 23.0 Å². The lowest BCUT2D eigenvalue weighted by Gasteiger charge is -2.11. The highest BCUT2D eigenvalue weighted by atomic mass is 32.2. The van der Waals surface area contributed by atoms with E-state index in [1.165, 1.54) is 11.8 Å². The highest BCUT2D eigenvalue weighted by Crippen LogP contribution is 2.17. The third kappa shape index (κ3) is 5.92. The molecule has 0 fully saturated rings. The summed E-state index contributed by atoms with van der Waals surface area (Å²) in [6, 6.07) is 18.6. The van der Waals surface area contributed by atoms with E-state index < -0.39 is 0 Å². The molecule has 6 nitrogen and oxygen atoms in total. The molecule has 2 amide bonds. The van der Waals surface area contributed by atoms with E-state index in [2.05, 4.69) is 20.6 Å². The van der Waals surface area contributed by atoms with Crippen LogP contribution in [0, 0.1) is 0 Å². The van der Waals surface area contributed by atoms with E-state index in [1.54, 1.807) is 42.7 Å². The Hall–Kier alpha value is -3.19. The highest BCUT2D eigenvalue weighted by Gasteiger charge is 2.13. The van der Waals surface area contributed by atoms with Crippen molar-refractivity contribution in [1.82, 2.24) is 15.3 Å². The smallest absolute Gasteiger partial charge is 0.253 e. The molecular weight excluding hydrogens is 372 g/mol. The van der Waals surface area contributed by atoms with Crippen LogP contribution in [-0.4, -0.2) is 34.1 Å². The summed E-state index contributed by atoms with van der Waals surface area (Å²) in [5, 5.41) is 6.23. The summed E-state index contributed by atoms with van der Waals surface area (Å²) >= 11 is 1.24. The molecule has 1 heterocycles. The molecule has 2 N–H and O–H groups in total. The van der Waals surface area contributed by atoms with Crippen molar-refractivity contribution >= 4 is 29.3 Å². The number of thioether (sulfide) groups is 1. The molecule has 0 aliphatic rings. The molecule has 0 atom stereocenters. The van der Waals surface area contributed by atoms with Crippen LogP contribution >= 0.6 is 11.8 Å². The summed E-state index contributed by atoms with van der Waals surface area (Å²) < 4.78 is 0. The molecule has 28 heavy (non-hydrogen) atoms. The average molecular weight is 392 g/mol. The molecule has 0 unspecified atom stereocenters. The van der Waals surface area contributed by atoms with E-state index in [0.717, 1.165) is 12.0 Å². The van der Waals surface area contributed by atoms with Crippen LogP contribution in [0.25, 0.3) is 0 Å². The second-order valence-electron chi connectivity index (χ2n) is 5.91. The van der Waals surface area contributed by atoms with Gasteiger partial charge in [-0.25, -0.2) is 9.97 Å². The number of hydrogen-bond donors (Lipinski definition) is 2. The molecule has 3 aromatic rings. The van der Waals surface area contributed by atoms with Crippen molar-refractivity contribution in [3.05, 3.63) is 84.2 Å². The number of para-hydroxylation sites is 1. The fourth-order valence-corrected chi connectivity index (χ4v) is 3.13. The molecule has 0 aliphatic carbocycles. The van der Waals surface area contributed by atoms with Crippen molar-refractivity contribution in [3.63, 3.8) is 0 Å². The first-order chi connectivity index (χ1) is 13.7. The van der Waals surface area contributed by atoms with Crippen LogP contribution in [0.3, 0.4) is 0 Å². The summed E-state index contributed by atoms with van der Waals surface area (Å²) in [6.45, 7) is 0.520. The molecule has 0 spiro atoms. The topological polar surface area (TPSA) is 84.0 Å². The van der Waals surface area contributed by atoms with Crippen molar-refractivity contribution in [2.24, 2.45) is 0 Å². The summed E-state index contributed by atoms with van der Waals surface area (Å²) in [6.07, 6.45) is 4.00. The second kappa shape index (κ2) is 10.2. The van der Waals surface area contributed by atoms with E-state index in [4.69, 9.17) is 0 Å². The zero-order valence-electron chi connectivity index (χ0n) is 15.2. The molecule has 3 rings (SSSR count). The summed E-state index contributed by atoms with van der Waals surface area (Å²) in [5.41, 5.74) is 2.08. The first kappa shape index (κ1) is 19.6. The Morgan fingerprint density at radius 1 is 0.893 bits per heavy atom. The van der Waals surface area contributed by atoms with Gasteiger partial charge in [0, 0.05) is 18.9 Å². The average Bonchev–Trinajstić information content (AvgIpc) is 2.74. The van der Waals surface area contributed by atoms with E-state index in [1.807, 2.05) is 30.3 Å². The van der Waals surface area contributed by atoms with Gasteiger partial charge in [-0.3, -0.25) is 9.59 Å². The Morgan fingerprint density at radius 3 is 2.39 bits per heavy atom. The highest BCUT2D eigenvalue weighted by molar-refractivity contribution is 7.99. The Labute approximate surface area is 167 Å². The number of rotatable bonds is 8. The van der Waals surface area contributed by atoms with Gasteiger partial charge in [-0.1, -0.05) is 54.2 Å². The second-order valence-corrected chi connectivity index (χ2v) is 6.85. The van der Waals surface area contributed by atoms with Crippen LogP contribution in [0.4, 0.5) is 5.69 Å². The molecular formula is C21H20N4O2S. The van der Waals surface area contributed by atoms with Crippen LogP contribution in [0.2, 0.25) is 0 Å². The van der Waals surface area contributed by atoms with Gasteiger partial charge in [-0.2, -0.15) is 0 Å². The lowest BCUT2D eigenvalue weighted by Crippen LogP contribution is -2.27. The standard InChI is InChI=1S/C21H20N4O2S/c26-19(15-28-21-23-12-6-13-24-21)25-18-10-5-4-9-17(18)20(27)22-14-11-16-7-2-1-3-8-16/h1-10,12-13H,11,14-15H2,(H,22,27)(H,25,26). The Kier molecular flexibility index (Phi) is 7.14. The first-order valence-corrected chi connectivity index (χ1v) is 9.82. The third-order valence-corrected chi connectivity index (χ3v) is 4.74. The van der Waals surface area contributed by atoms with Gasteiger partial charge in [-0.15, -0.1) is 0 Å². The molecule has 0 saturated carbocycles. The van der Waals surface area contributed by atoms with E-state index >= 15 is 0 Å². The van der Waals surface area contributed by atoms with Gasteiger partial charge in [0.05, 0.1) is 17.0 Å². The number of carbonyl (C=O) groups excluding carboxylic acids is 2. The van der Waals surface area contributed by atoms with Gasteiger partial charge >= 0.3 is 0 Å². The summed E-state index contributed by atoms with van der Waals surface area (Å²) in [5.74, 6) is -0.276. The molecule has 142 valence electrons. The van der Waals surface area contributed by atoms with Crippen LogP contribution in [0.1, 0.15) is 15.9 Å². The number of hydrogen-bond acceptors (Lipinski definition) is 5. The third-order valence-electron chi connectivity index (χ3n) is 3.86. The number of carbonyl (C=O) groups is 2. The SMILES string of the molecule is O=C(CSc1ncccn1)Nc1ccccc1C(=O)NCCc1ccccc1. The maximum Gasteiger partial charge on any atom is 0.253 e. The van der Waals surface area contributed by atoms with Crippen molar-refractivity contribution in [3.8, 4) is 0 Å². The summed E-state index contributed by atoms with van der Waals surface area (Å²) in [4.78, 5) is 32.9. The quantitative estimate of drug-likeness (QED) is 0.454. The van der Waals surface area contributed by atoms with Gasteiger partial charge in [0.15, 0.2) is 5.16 Å². The lowest BCUT2D eigenvalue weighted by atomic mass is 10.1. The number of anilines is 1. The minimum Gasteiger partial charge on any atom is -0.352 e. The largest absolute Gasteiger partial charge is 0.352 e. The minimum absolute atomic E-state index is 0.161. The molecule has 0 aliphatic heterocycles. The molecule has 2 aromatic carbocycles. The van der Waals surface area contributed by atoms with Crippen molar-refractivity contribution in [2.45, 2.75) is 11.6 Å². The fourth-order valence-electron chi connectivity index (χ4n) is 2.53. The number of amides is 2. The van der Waals surface area contributed by atoms with Crippen LogP contribution < -0.4 is 10.6 Å². The normalized spacial score (nSPS) is 10.3. The molecule has 0 saturated heterocycles. The lowest BCUT2D eigenvalue weighted by molar-refractivity contribution is -0.113. The molecule has 7 heteroatoms. The zero-order chi connectivity index (χ0) is 19.6. The number of aromatic nitrogens is 2. The maximum absolute atomic E-state index is 12.5. The van der Waals surface area contributed by atoms with Gasteiger partial charge in [0.2, 0.25) is 5.91 Å². The van der Waals surface area contributed by atoms with Crippen LogP contribution in [0.15, 0.2) is 78.2 Å². The van der Waals surface area contributed by atoms with Crippen molar-refractivity contribution < 1.29 is 9.59 Å². The first-order valence-electron chi connectivity index (χ1n) is 8.83. The van der Waals surface area contributed by atoms with Gasteiger partial charge in [-0.05, 0) is 30.2 Å². The van der Waals surface area contributed by atoms with Gasteiger partial charge < -0.3 is 10.6 Å². The van der Waals surface area contributed by atoms with Crippen LogP contribution in [0.5, 0.6) is 0 Å². The van der Waals surface area contributed by atoms with Gasteiger partial charge in [0.1, 0.15) is 0 Å². The number of nitrogens with zero attached hydrogens (tertiary/aromatic N) is 2. The van der Waals surface area contributed by atoms with Crippen LogP contribution in [-0.2, 0) is 11.2 Å². The molecule has 0 bridgehead atoms. The predicted molar refractivity (Wildman–Crippen MR) is 110 cm³/mol. The summed E-state index contributed by atoms with van der Waals surface area (Å²) in [7, 11) is 0. The molecule has 0 radical (unpaired) electrons. The minimum atomic E-state index is -0.220. The number of nitrogens with one attached hydrogen (secondary N) is 2. The fraction of sp³-hybridized carbons (Fsp3) is 0.143. The predicted octanol–water partition coefficient (Wildman–Crippen LogP) is 3.18. The maximum atomic E-state index is 12.5. The Bertz CT molecular complexity index is 920. The Morgan fingerprint density at radius 2 is 1.61 bits per heavy atom. The van der Waals surface area contributed by atoms with Crippen molar-refractivity contribution in [2.75, 3.05) is 17.6 Å². The zero-order valence-corrected chi connectivity index (χ0v) is 16.0. The monoisotopic (exact) mass is 392 g/mol. The number of benzene rings is 2. The van der Waals surface area contributed by atoms with Crippen molar-refractivity contribution in [1.29, 1.82) is 0 Å². The van der Waals surface area contributed by atoms with Gasteiger partial charge in [0.25, 0.3) is 5.91 Å². The molecule has 1 aromatic heterocycles. The van der Waals surface area contributed by atoms with E-state index in [9.17, 15) is 9.59 Å². The van der Waals surface area contributed by atoms with E-state index in [-0.39, 0.29) is 17.6 Å².